The van der Waals surface area contributed by atoms with Gasteiger partial charge in [0, 0.05) is 17.0 Å². The topological polar surface area (TPSA) is 12.0 Å². The number of nitrogens with one attached hydrogen (secondary N) is 1. The molecule has 1 saturated carbocycles. The highest BCUT2D eigenvalue weighted by Gasteiger charge is 2.32. The quantitative estimate of drug-likeness (QED) is 0.779. The Morgan fingerprint density at radius 3 is 3.00 bits per heavy atom. The van der Waals surface area contributed by atoms with Crippen molar-refractivity contribution in [3.8, 4) is 0 Å². The zero-order chi connectivity index (χ0) is 9.26. The largest absolute Gasteiger partial charge is 0.311 e. The summed E-state index contributed by atoms with van der Waals surface area (Å²) < 4.78 is 0. The first-order valence-electron chi connectivity index (χ1n) is 5.04. The van der Waals surface area contributed by atoms with Crippen molar-refractivity contribution >= 4 is 11.3 Å². The van der Waals surface area contributed by atoms with Gasteiger partial charge in [-0.25, -0.2) is 0 Å². The Hall–Kier alpha value is -0.340. The Bertz CT molecular complexity index is 255. The molecule has 1 aliphatic carbocycles. The number of rotatable bonds is 4. The predicted molar refractivity (Wildman–Crippen MR) is 58.2 cm³/mol. The van der Waals surface area contributed by atoms with Crippen LogP contribution < -0.4 is 5.32 Å². The Labute approximate surface area is 84.2 Å². The second-order valence-electron chi connectivity index (χ2n) is 4.17. The fraction of sp³-hybridized carbons (Fsp3) is 0.636. The van der Waals surface area contributed by atoms with Crippen molar-refractivity contribution in [2.45, 2.75) is 38.8 Å². The summed E-state index contributed by atoms with van der Waals surface area (Å²) in [7, 11) is 0. The molecular weight excluding hydrogens is 178 g/mol. The van der Waals surface area contributed by atoms with Gasteiger partial charge >= 0.3 is 0 Å². The highest BCUT2D eigenvalue weighted by molar-refractivity contribution is 7.09. The average molecular weight is 195 g/mol. The van der Waals surface area contributed by atoms with Gasteiger partial charge in [0.15, 0.2) is 0 Å². The van der Waals surface area contributed by atoms with Gasteiger partial charge in [-0.15, -0.1) is 11.3 Å². The molecule has 0 spiro atoms. The molecule has 1 N–H and O–H groups in total. The van der Waals surface area contributed by atoms with Gasteiger partial charge in [0.25, 0.3) is 0 Å². The number of thiophene rings is 1. The number of hydrogen-bond acceptors (Lipinski definition) is 2. The standard InChI is InChI=1S/C11H17NS/c1-8-6-11(8)12-9(2)7-10-4-3-5-13-10/h3-5,8-9,11-12H,6-7H2,1-2H3. The summed E-state index contributed by atoms with van der Waals surface area (Å²) in [6.07, 6.45) is 2.55. The van der Waals surface area contributed by atoms with Crippen LogP contribution in [0.2, 0.25) is 0 Å². The van der Waals surface area contributed by atoms with Crippen LogP contribution in [0, 0.1) is 5.92 Å². The van der Waals surface area contributed by atoms with Crippen LogP contribution in [0.5, 0.6) is 0 Å². The van der Waals surface area contributed by atoms with Gasteiger partial charge in [-0.3, -0.25) is 0 Å². The smallest absolute Gasteiger partial charge is 0.00990 e. The molecule has 0 radical (unpaired) electrons. The van der Waals surface area contributed by atoms with Crippen LogP contribution in [0.15, 0.2) is 17.5 Å². The molecule has 2 heteroatoms. The van der Waals surface area contributed by atoms with Crippen molar-refractivity contribution < 1.29 is 0 Å². The average Bonchev–Trinajstić information content (AvgIpc) is 2.61. The summed E-state index contributed by atoms with van der Waals surface area (Å²) in [6, 6.07) is 5.79. The van der Waals surface area contributed by atoms with E-state index < -0.39 is 0 Å². The lowest BCUT2D eigenvalue weighted by Crippen LogP contribution is -2.30. The van der Waals surface area contributed by atoms with E-state index in [4.69, 9.17) is 0 Å². The van der Waals surface area contributed by atoms with Gasteiger partial charge in [0.05, 0.1) is 0 Å². The van der Waals surface area contributed by atoms with Gasteiger partial charge in [0.1, 0.15) is 0 Å². The van der Waals surface area contributed by atoms with E-state index >= 15 is 0 Å². The van der Waals surface area contributed by atoms with E-state index in [1.54, 1.807) is 0 Å². The molecule has 0 bridgehead atoms. The van der Waals surface area contributed by atoms with Crippen molar-refractivity contribution in [1.29, 1.82) is 0 Å². The zero-order valence-corrected chi connectivity index (χ0v) is 9.10. The third-order valence-corrected chi connectivity index (χ3v) is 3.59. The lowest BCUT2D eigenvalue weighted by atomic mass is 10.2. The van der Waals surface area contributed by atoms with E-state index in [0.717, 1.165) is 12.0 Å². The summed E-state index contributed by atoms with van der Waals surface area (Å²) >= 11 is 1.86. The highest BCUT2D eigenvalue weighted by Crippen LogP contribution is 2.29. The molecule has 0 aromatic carbocycles. The van der Waals surface area contributed by atoms with Crippen molar-refractivity contribution in [3.05, 3.63) is 22.4 Å². The molecule has 0 amide bonds. The molecule has 13 heavy (non-hydrogen) atoms. The van der Waals surface area contributed by atoms with Gasteiger partial charge in [-0.1, -0.05) is 13.0 Å². The first kappa shape index (κ1) is 9.22. The molecule has 1 heterocycles. The molecule has 3 atom stereocenters. The maximum Gasteiger partial charge on any atom is 0.00990 e. The molecule has 1 aromatic rings. The zero-order valence-electron chi connectivity index (χ0n) is 8.29. The third-order valence-electron chi connectivity index (χ3n) is 2.70. The van der Waals surface area contributed by atoms with E-state index in [1.807, 2.05) is 11.3 Å². The van der Waals surface area contributed by atoms with E-state index in [0.29, 0.717) is 6.04 Å². The fourth-order valence-corrected chi connectivity index (χ4v) is 2.54. The van der Waals surface area contributed by atoms with Crippen molar-refractivity contribution in [2.24, 2.45) is 5.92 Å². The Kier molecular flexibility index (Phi) is 2.70. The van der Waals surface area contributed by atoms with E-state index in [-0.39, 0.29) is 0 Å². The van der Waals surface area contributed by atoms with Crippen LogP contribution in [0.1, 0.15) is 25.1 Å². The minimum atomic E-state index is 0.633. The maximum atomic E-state index is 3.65. The van der Waals surface area contributed by atoms with E-state index in [1.165, 1.54) is 17.7 Å². The van der Waals surface area contributed by atoms with Gasteiger partial charge < -0.3 is 5.32 Å². The van der Waals surface area contributed by atoms with Crippen LogP contribution in [0.3, 0.4) is 0 Å². The second kappa shape index (κ2) is 3.81. The Balaban J connectivity index is 1.75. The lowest BCUT2D eigenvalue weighted by Gasteiger charge is -2.11. The van der Waals surface area contributed by atoms with Crippen molar-refractivity contribution in [3.63, 3.8) is 0 Å². The first-order valence-corrected chi connectivity index (χ1v) is 5.92. The van der Waals surface area contributed by atoms with E-state index in [2.05, 4.69) is 36.7 Å². The molecule has 1 aliphatic rings. The molecule has 0 aliphatic heterocycles. The summed E-state index contributed by atoms with van der Waals surface area (Å²) in [5, 5.41) is 5.80. The highest BCUT2D eigenvalue weighted by atomic mass is 32.1. The molecule has 1 fully saturated rings. The molecule has 1 aromatic heterocycles. The molecule has 3 unspecified atom stereocenters. The fourth-order valence-electron chi connectivity index (χ4n) is 1.71. The lowest BCUT2D eigenvalue weighted by molar-refractivity contribution is 0.530. The minimum absolute atomic E-state index is 0.633. The van der Waals surface area contributed by atoms with E-state index in [9.17, 15) is 0 Å². The first-order chi connectivity index (χ1) is 6.25. The van der Waals surface area contributed by atoms with Crippen LogP contribution >= 0.6 is 11.3 Å². The third kappa shape index (κ3) is 2.55. The monoisotopic (exact) mass is 195 g/mol. The predicted octanol–water partition coefficient (Wildman–Crippen LogP) is 2.68. The molecule has 72 valence electrons. The molecular formula is C11H17NS. The molecule has 0 saturated heterocycles. The molecule has 2 rings (SSSR count). The van der Waals surface area contributed by atoms with Crippen LogP contribution in [-0.2, 0) is 6.42 Å². The minimum Gasteiger partial charge on any atom is -0.311 e. The SMILES string of the molecule is CC(Cc1cccs1)NC1CC1C. The second-order valence-corrected chi connectivity index (χ2v) is 5.20. The van der Waals surface area contributed by atoms with Crippen LogP contribution in [0.4, 0.5) is 0 Å². The normalized spacial score (nSPS) is 28.8. The van der Waals surface area contributed by atoms with Crippen LogP contribution in [-0.4, -0.2) is 12.1 Å². The number of hydrogen-bond donors (Lipinski definition) is 1. The molecule has 1 nitrogen and oxygen atoms in total. The summed E-state index contributed by atoms with van der Waals surface area (Å²) in [5.74, 6) is 0.908. The summed E-state index contributed by atoms with van der Waals surface area (Å²) in [6.45, 7) is 4.60. The van der Waals surface area contributed by atoms with Crippen LogP contribution in [0.25, 0.3) is 0 Å². The van der Waals surface area contributed by atoms with Gasteiger partial charge in [-0.05, 0) is 37.1 Å². The summed E-state index contributed by atoms with van der Waals surface area (Å²) in [5.41, 5.74) is 0. The summed E-state index contributed by atoms with van der Waals surface area (Å²) in [4.78, 5) is 1.49. The van der Waals surface area contributed by atoms with Crippen molar-refractivity contribution in [1.82, 2.24) is 5.32 Å². The van der Waals surface area contributed by atoms with Gasteiger partial charge in [0.2, 0.25) is 0 Å². The Morgan fingerprint density at radius 1 is 1.69 bits per heavy atom. The van der Waals surface area contributed by atoms with Crippen molar-refractivity contribution in [2.75, 3.05) is 0 Å². The Morgan fingerprint density at radius 2 is 2.46 bits per heavy atom. The van der Waals surface area contributed by atoms with Gasteiger partial charge in [-0.2, -0.15) is 0 Å². The maximum absolute atomic E-state index is 3.65.